The molecule has 7 amide bonds. The van der Waals surface area contributed by atoms with Crippen molar-refractivity contribution < 1.29 is 33.5 Å². The number of nitrogens with zero attached hydrogens (tertiary/aromatic N) is 5. The van der Waals surface area contributed by atoms with Gasteiger partial charge in [-0.3, -0.25) is 28.9 Å². The van der Waals surface area contributed by atoms with Gasteiger partial charge in [-0.25, -0.2) is 4.79 Å². The number of alkyl halides is 1. The standard InChI is InChI=1S/C55H61ClN10O7/c1-34(10-5-4-8-24-65-49(67)20-21-50(65)68)59-44(13-9-23-58-55(57)72)52(69)60-38-16-14-36(15-17-38)53(70)64-25-22-39-42-30-45(61-43(42)18-19-46(39)64)54(71)66-33-37(32-56)51-41-12-7-6-11-40(41)48(31-47(51)66)73-35(2)63-28-26-62(3)27-29-63/h6-7,11-12,14-21,30-31,37,44,59,61H,1-2,4-5,8-10,13,22-29,32-33H2,3H3,(H,60,69)(H3,57,58,72)/t37-,44+/m1/s1. The highest BCUT2D eigenvalue weighted by Crippen LogP contribution is 2.47. The second kappa shape index (κ2) is 22.0. The molecule has 1 saturated heterocycles. The van der Waals surface area contributed by atoms with Gasteiger partial charge < -0.3 is 51.0 Å². The molecule has 4 aliphatic rings. The molecule has 17 nitrogen and oxygen atoms in total. The summed E-state index contributed by atoms with van der Waals surface area (Å²) in [5, 5.41) is 11.5. The molecule has 0 radical (unpaired) electrons. The molecule has 4 aliphatic heterocycles. The zero-order valence-corrected chi connectivity index (χ0v) is 41.8. The third kappa shape index (κ3) is 10.9. The van der Waals surface area contributed by atoms with Crippen LogP contribution in [0.25, 0.3) is 21.7 Å². The normalized spacial score (nSPS) is 16.8. The SMILES string of the molecule is C=C(CCCCCN1C(=O)C=CC1=O)N[C@@H](CCCNC(N)=O)C(=O)Nc1ccc(C(=O)N2CCc3c2ccc2[nH]c(C(=O)N4C[C@@H](CCl)c5c4cc(OC(=C)N4CCN(C)CC4)c4ccccc54)cc32)cc1. The van der Waals surface area contributed by atoms with E-state index >= 15 is 0 Å². The number of amides is 7. The van der Waals surface area contributed by atoms with Crippen LogP contribution in [0, 0.1) is 0 Å². The fourth-order valence-corrected chi connectivity index (χ4v) is 10.5. The van der Waals surface area contributed by atoms with Crippen molar-refractivity contribution in [2.75, 3.05) is 80.4 Å². The number of carbonyl (C=O) groups excluding carboxylic acids is 6. The maximum atomic E-state index is 14.7. The Balaban J connectivity index is 0.853. The molecule has 0 unspecified atom stereocenters. The highest BCUT2D eigenvalue weighted by Gasteiger charge is 2.37. The number of primary amides is 1. The molecule has 5 aromatic rings. The second-order valence-electron chi connectivity index (χ2n) is 19.1. The first-order chi connectivity index (χ1) is 35.3. The Bertz CT molecular complexity index is 3020. The molecule has 1 aromatic heterocycles. The molecule has 5 heterocycles. The first kappa shape index (κ1) is 50.3. The van der Waals surface area contributed by atoms with E-state index in [1.165, 1.54) is 17.1 Å². The van der Waals surface area contributed by atoms with Crippen LogP contribution >= 0.6 is 11.6 Å². The van der Waals surface area contributed by atoms with Gasteiger partial charge in [-0.2, -0.15) is 0 Å². The number of unbranched alkanes of at least 4 members (excludes halogenated alkanes) is 2. The summed E-state index contributed by atoms with van der Waals surface area (Å²) in [6.07, 6.45) is 6.68. The number of nitrogens with two attached hydrogens (primary N) is 1. The zero-order valence-electron chi connectivity index (χ0n) is 41.0. The van der Waals surface area contributed by atoms with Crippen LogP contribution in [0.2, 0.25) is 0 Å². The van der Waals surface area contributed by atoms with E-state index in [2.05, 4.69) is 57.0 Å². The number of imide groups is 1. The van der Waals surface area contributed by atoms with E-state index in [-0.39, 0.29) is 42.0 Å². The minimum atomic E-state index is -0.684. The van der Waals surface area contributed by atoms with Crippen molar-refractivity contribution >= 4 is 85.9 Å². The van der Waals surface area contributed by atoms with E-state index in [1.807, 2.05) is 42.5 Å². The van der Waals surface area contributed by atoms with Crippen LogP contribution in [0.15, 0.2) is 110 Å². The maximum Gasteiger partial charge on any atom is 0.312 e. The van der Waals surface area contributed by atoms with Gasteiger partial charge in [0.1, 0.15) is 17.5 Å². The number of piperazine rings is 1. The number of H-pyrrole nitrogens is 1. The van der Waals surface area contributed by atoms with Gasteiger partial charge in [0.05, 0.1) is 5.69 Å². The first-order valence-corrected chi connectivity index (χ1v) is 25.4. The summed E-state index contributed by atoms with van der Waals surface area (Å²) < 4.78 is 6.53. The molecule has 1 fully saturated rings. The molecule has 2 atom stereocenters. The number of fused-ring (bicyclic) bond motifs is 6. The topological polar surface area (TPSA) is 206 Å². The molecule has 0 bridgehead atoms. The molecule has 18 heteroatoms. The van der Waals surface area contributed by atoms with Crippen molar-refractivity contribution in [2.24, 2.45) is 5.73 Å². The number of carbonyl (C=O) groups is 6. The van der Waals surface area contributed by atoms with Crippen molar-refractivity contribution in [3.8, 4) is 5.75 Å². The molecular weight excluding hydrogens is 948 g/mol. The minimum Gasteiger partial charge on any atom is -0.441 e. The summed E-state index contributed by atoms with van der Waals surface area (Å²) in [7, 11) is 2.10. The predicted octanol–water partition coefficient (Wildman–Crippen LogP) is 6.95. The maximum absolute atomic E-state index is 14.7. The van der Waals surface area contributed by atoms with Gasteiger partial charge in [-0.1, -0.05) is 37.3 Å². The van der Waals surface area contributed by atoms with E-state index in [0.717, 1.165) is 83.2 Å². The Morgan fingerprint density at radius 3 is 2.30 bits per heavy atom. The molecule has 0 spiro atoms. The Morgan fingerprint density at radius 1 is 0.836 bits per heavy atom. The molecule has 9 rings (SSSR count). The fraction of sp³-hybridized carbons (Fsp3) is 0.345. The number of hydrogen-bond acceptors (Lipinski definition) is 10. The monoisotopic (exact) mass is 1010 g/mol. The number of ether oxygens (including phenoxy) is 1. The van der Waals surface area contributed by atoms with Gasteiger partial charge in [0.25, 0.3) is 23.6 Å². The van der Waals surface area contributed by atoms with Crippen LogP contribution in [0.1, 0.15) is 76.4 Å². The number of nitrogens with one attached hydrogen (secondary N) is 4. The first-order valence-electron chi connectivity index (χ1n) is 24.9. The largest absolute Gasteiger partial charge is 0.441 e. The average molecular weight is 1010 g/mol. The van der Waals surface area contributed by atoms with E-state index in [1.54, 1.807) is 34.1 Å². The summed E-state index contributed by atoms with van der Waals surface area (Å²) in [5.74, 6) is 0.132. The van der Waals surface area contributed by atoms with Crippen molar-refractivity contribution in [3.05, 3.63) is 132 Å². The average Bonchev–Trinajstić information content (AvgIpc) is 4.19. The van der Waals surface area contributed by atoms with Crippen molar-refractivity contribution in [1.82, 2.24) is 30.3 Å². The summed E-state index contributed by atoms with van der Waals surface area (Å²) >= 11 is 6.64. The molecule has 73 heavy (non-hydrogen) atoms. The molecule has 380 valence electrons. The fourth-order valence-electron chi connectivity index (χ4n) is 10.3. The predicted molar refractivity (Wildman–Crippen MR) is 284 cm³/mol. The lowest BCUT2D eigenvalue weighted by atomic mass is 9.95. The van der Waals surface area contributed by atoms with Crippen LogP contribution in [-0.4, -0.2) is 127 Å². The smallest absolute Gasteiger partial charge is 0.312 e. The molecular formula is C55H61ClN10O7. The second-order valence-corrected chi connectivity index (χ2v) is 19.4. The number of urea groups is 1. The van der Waals surface area contributed by atoms with Gasteiger partial charge >= 0.3 is 6.03 Å². The number of hydrogen-bond donors (Lipinski definition) is 5. The Hall–Kier alpha value is -7.63. The summed E-state index contributed by atoms with van der Waals surface area (Å²) in [6, 6.07) is 21.1. The number of halogens is 1. The van der Waals surface area contributed by atoms with Crippen LogP contribution in [0.4, 0.5) is 21.9 Å². The minimum absolute atomic E-state index is 0.0943. The van der Waals surface area contributed by atoms with E-state index in [9.17, 15) is 28.8 Å². The lowest BCUT2D eigenvalue weighted by molar-refractivity contribution is -0.136. The van der Waals surface area contributed by atoms with Crippen molar-refractivity contribution in [1.29, 1.82) is 0 Å². The summed E-state index contributed by atoms with van der Waals surface area (Å²) in [5.41, 5.74) is 11.6. The highest BCUT2D eigenvalue weighted by molar-refractivity contribution is 6.19. The van der Waals surface area contributed by atoms with Gasteiger partial charge in [-0.05, 0) is 111 Å². The number of rotatable bonds is 20. The number of aromatic amines is 1. The molecule has 6 N–H and O–H groups in total. The van der Waals surface area contributed by atoms with E-state index < -0.39 is 12.1 Å². The Morgan fingerprint density at radius 2 is 1.58 bits per heavy atom. The zero-order chi connectivity index (χ0) is 51.3. The molecule has 4 aromatic carbocycles. The van der Waals surface area contributed by atoms with Crippen LogP contribution in [-0.2, 0) is 20.8 Å². The number of aromatic nitrogens is 1. The summed E-state index contributed by atoms with van der Waals surface area (Å²) in [6.45, 7) is 13.3. The van der Waals surface area contributed by atoms with E-state index in [4.69, 9.17) is 22.1 Å². The van der Waals surface area contributed by atoms with Crippen molar-refractivity contribution in [2.45, 2.75) is 56.9 Å². The molecule has 0 saturated carbocycles. The Kier molecular flexibility index (Phi) is 15.2. The van der Waals surface area contributed by atoms with Crippen LogP contribution in [0.5, 0.6) is 5.75 Å². The number of benzene rings is 4. The quantitative estimate of drug-likeness (QED) is 0.0235. The molecule has 0 aliphatic carbocycles. The number of likely N-dealkylation sites (N-methyl/N-ethyl adjacent to an activating group) is 1. The van der Waals surface area contributed by atoms with Crippen LogP contribution < -0.4 is 36.2 Å². The Labute approximate surface area is 429 Å². The van der Waals surface area contributed by atoms with Gasteiger partial charge in [0, 0.05) is 121 Å². The van der Waals surface area contributed by atoms with Gasteiger partial charge in [-0.15, -0.1) is 11.6 Å². The summed E-state index contributed by atoms with van der Waals surface area (Å²) in [4.78, 5) is 90.0. The van der Waals surface area contributed by atoms with Gasteiger partial charge in [0.2, 0.25) is 5.91 Å². The van der Waals surface area contributed by atoms with Crippen molar-refractivity contribution in [3.63, 3.8) is 0 Å². The number of allylic oxidation sites excluding steroid dienone is 1. The van der Waals surface area contributed by atoms with Gasteiger partial charge in [0.15, 0.2) is 5.88 Å². The van der Waals surface area contributed by atoms with Crippen LogP contribution in [0.3, 0.4) is 0 Å². The lowest BCUT2D eigenvalue weighted by Gasteiger charge is -2.34. The third-order valence-corrected chi connectivity index (χ3v) is 14.6. The van der Waals surface area contributed by atoms with E-state index in [0.29, 0.717) is 91.9 Å². The third-order valence-electron chi connectivity index (χ3n) is 14.2. The number of anilines is 3. The highest BCUT2D eigenvalue weighted by atomic mass is 35.5. The lowest BCUT2D eigenvalue weighted by Crippen LogP contribution is -2.44.